The highest BCUT2D eigenvalue weighted by molar-refractivity contribution is 5.19. The van der Waals surface area contributed by atoms with E-state index >= 15 is 0 Å². The number of hydrogen-bond acceptors (Lipinski definition) is 5. The van der Waals surface area contributed by atoms with Crippen LogP contribution < -0.4 is 16.0 Å². The van der Waals surface area contributed by atoms with Gasteiger partial charge in [0.05, 0.1) is 12.8 Å². The Labute approximate surface area is 76.3 Å². The Morgan fingerprint density at radius 1 is 1.62 bits per heavy atom. The van der Waals surface area contributed by atoms with Gasteiger partial charge in [0.15, 0.2) is 0 Å². The fourth-order valence-corrected chi connectivity index (χ4v) is 0.812. The fraction of sp³-hybridized carbons (Fsp3) is 0.250. The van der Waals surface area contributed by atoms with E-state index in [1.165, 1.54) is 7.11 Å². The smallest absolute Gasteiger partial charge is 0.233 e. The zero-order chi connectivity index (χ0) is 9.68. The Bertz CT molecular complexity index is 303. The van der Waals surface area contributed by atoms with Crippen molar-refractivity contribution in [1.82, 2.24) is 15.6 Å². The first kappa shape index (κ1) is 9.45. The van der Waals surface area contributed by atoms with Gasteiger partial charge in [-0.15, -0.1) is 16.6 Å². The first-order valence-electron chi connectivity index (χ1n) is 3.61. The molecule has 68 valence electrons. The number of ether oxygens (including phenoxy) is 1. The summed E-state index contributed by atoms with van der Waals surface area (Å²) in [6.07, 6.45) is 5.19. The van der Waals surface area contributed by atoms with E-state index in [-0.39, 0.29) is 0 Å². The van der Waals surface area contributed by atoms with Crippen LogP contribution in [0.2, 0.25) is 0 Å². The van der Waals surface area contributed by atoms with E-state index in [2.05, 4.69) is 21.5 Å². The molecule has 0 spiro atoms. The van der Waals surface area contributed by atoms with Gasteiger partial charge in [-0.1, -0.05) is 5.92 Å². The quantitative estimate of drug-likeness (QED) is 0.375. The molecule has 1 aromatic heterocycles. The molecule has 0 radical (unpaired) electrons. The second-order valence-electron chi connectivity index (χ2n) is 2.27. The van der Waals surface area contributed by atoms with Crippen LogP contribution in [0.4, 0.5) is 0 Å². The molecule has 5 nitrogen and oxygen atoms in total. The van der Waals surface area contributed by atoms with Gasteiger partial charge >= 0.3 is 0 Å². The lowest BCUT2D eigenvalue weighted by Crippen LogP contribution is -2.27. The Morgan fingerprint density at radius 2 is 2.38 bits per heavy atom. The van der Waals surface area contributed by atoms with Crippen LogP contribution in [-0.4, -0.2) is 17.3 Å². The molecule has 0 aliphatic rings. The molecule has 0 amide bonds. The Morgan fingerprint density at radius 3 is 2.77 bits per heavy atom. The number of terminal acetylenes is 1. The van der Waals surface area contributed by atoms with E-state index in [1.807, 2.05) is 0 Å². The van der Waals surface area contributed by atoms with Gasteiger partial charge in [-0.2, -0.15) is 0 Å². The van der Waals surface area contributed by atoms with Crippen LogP contribution in [0.1, 0.15) is 11.7 Å². The maximum Gasteiger partial charge on any atom is 0.233 e. The second kappa shape index (κ2) is 4.40. The lowest BCUT2D eigenvalue weighted by atomic mass is 10.2. The number of rotatable bonds is 3. The average Bonchev–Trinajstić information content (AvgIpc) is 2.21. The molecule has 0 saturated carbocycles. The summed E-state index contributed by atoms with van der Waals surface area (Å²) >= 11 is 0. The summed E-state index contributed by atoms with van der Waals surface area (Å²) in [6, 6.07) is 2.96. The van der Waals surface area contributed by atoms with Crippen LogP contribution in [0.15, 0.2) is 12.1 Å². The first-order chi connectivity index (χ1) is 6.31. The third-order valence-corrected chi connectivity index (χ3v) is 1.50. The van der Waals surface area contributed by atoms with Gasteiger partial charge in [0.2, 0.25) is 5.88 Å². The topological polar surface area (TPSA) is 73.1 Å². The Kier molecular flexibility index (Phi) is 3.20. The highest BCUT2D eigenvalue weighted by Crippen LogP contribution is 2.09. The van der Waals surface area contributed by atoms with Crippen LogP contribution in [0.25, 0.3) is 0 Å². The molecule has 0 aliphatic heterocycles. The Hall–Kier alpha value is -1.64. The number of nitrogens with one attached hydrogen (secondary N) is 1. The van der Waals surface area contributed by atoms with Crippen molar-refractivity contribution < 1.29 is 4.74 Å². The molecule has 0 aliphatic carbocycles. The van der Waals surface area contributed by atoms with Gasteiger partial charge in [-0.05, 0) is 6.07 Å². The van der Waals surface area contributed by atoms with Crippen molar-refractivity contribution in [3.8, 4) is 18.2 Å². The summed E-state index contributed by atoms with van der Waals surface area (Å²) in [5.41, 5.74) is 3.01. The normalized spacial score (nSPS) is 11.8. The number of nitrogens with zero attached hydrogens (tertiary/aromatic N) is 2. The monoisotopic (exact) mass is 178 g/mol. The summed E-state index contributed by atoms with van der Waals surface area (Å²) in [5.74, 6) is 8.06. The summed E-state index contributed by atoms with van der Waals surface area (Å²) in [4.78, 5) is 0. The molecule has 1 aromatic rings. The van der Waals surface area contributed by atoms with Crippen molar-refractivity contribution in [2.75, 3.05) is 7.11 Å². The van der Waals surface area contributed by atoms with Crippen molar-refractivity contribution in [3.05, 3.63) is 17.8 Å². The molecule has 3 N–H and O–H groups in total. The average molecular weight is 178 g/mol. The van der Waals surface area contributed by atoms with E-state index in [4.69, 9.17) is 17.0 Å². The Balaban J connectivity index is 2.86. The fourth-order valence-electron chi connectivity index (χ4n) is 0.812. The zero-order valence-electron chi connectivity index (χ0n) is 7.19. The number of hydrogen-bond donors (Lipinski definition) is 2. The molecular weight excluding hydrogens is 168 g/mol. The third kappa shape index (κ3) is 2.15. The highest BCUT2D eigenvalue weighted by atomic mass is 16.5. The first-order valence-corrected chi connectivity index (χ1v) is 3.61. The molecule has 1 heterocycles. The van der Waals surface area contributed by atoms with Gasteiger partial charge in [-0.25, -0.2) is 5.43 Å². The van der Waals surface area contributed by atoms with Crippen molar-refractivity contribution in [2.24, 2.45) is 5.84 Å². The molecule has 0 aromatic carbocycles. The number of nitrogens with two attached hydrogens (primary N) is 1. The van der Waals surface area contributed by atoms with Gasteiger partial charge < -0.3 is 4.74 Å². The predicted octanol–water partition coefficient (Wildman–Crippen LogP) is -0.377. The molecule has 1 rings (SSSR count). The van der Waals surface area contributed by atoms with Crippen molar-refractivity contribution in [3.63, 3.8) is 0 Å². The third-order valence-electron chi connectivity index (χ3n) is 1.50. The van der Waals surface area contributed by atoms with Crippen molar-refractivity contribution in [1.29, 1.82) is 0 Å². The SMILES string of the molecule is C#CC(NN)c1ccc(OC)nn1. The van der Waals surface area contributed by atoms with Crippen LogP contribution in [0, 0.1) is 12.3 Å². The maximum absolute atomic E-state index is 5.19. The standard InChI is InChI=1S/C8H10N4O/c1-3-6(10-9)7-4-5-8(13-2)12-11-7/h1,4-6,10H,9H2,2H3. The van der Waals surface area contributed by atoms with E-state index in [1.54, 1.807) is 12.1 Å². The lowest BCUT2D eigenvalue weighted by Gasteiger charge is -2.07. The van der Waals surface area contributed by atoms with E-state index < -0.39 is 6.04 Å². The molecule has 0 fully saturated rings. The molecule has 5 heteroatoms. The van der Waals surface area contributed by atoms with Gasteiger partial charge in [0.1, 0.15) is 6.04 Å². The van der Waals surface area contributed by atoms with Gasteiger partial charge in [0.25, 0.3) is 0 Å². The van der Waals surface area contributed by atoms with Crippen LogP contribution in [0.5, 0.6) is 5.88 Å². The van der Waals surface area contributed by atoms with Crippen molar-refractivity contribution in [2.45, 2.75) is 6.04 Å². The summed E-state index contributed by atoms with van der Waals surface area (Å²) in [5, 5.41) is 7.58. The summed E-state index contributed by atoms with van der Waals surface area (Å²) in [6.45, 7) is 0. The minimum atomic E-state index is -0.418. The van der Waals surface area contributed by atoms with Crippen LogP contribution in [-0.2, 0) is 0 Å². The molecule has 0 saturated heterocycles. The van der Waals surface area contributed by atoms with E-state index in [0.29, 0.717) is 11.6 Å². The molecular formula is C8H10N4O. The highest BCUT2D eigenvalue weighted by Gasteiger charge is 2.07. The van der Waals surface area contributed by atoms with Gasteiger partial charge in [0, 0.05) is 6.07 Å². The molecule has 13 heavy (non-hydrogen) atoms. The molecule has 0 bridgehead atoms. The zero-order valence-corrected chi connectivity index (χ0v) is 7.19. The van der Waals surface area contributed by atoms with E-state index in [0.717, 1.165) is 0 Å². The minimum Gasteiger partial charge on any atom is -0.480 e. The summed E-state index contributed by atoms with van der Waals surface area (Å²) < 4.78 is 4.84. The molecule has 1 unspecified atom stereocenters. The van der Waals surface area contributed by atoms with Crippen LogP contribution in [0.3, 0.4) is 0 Å². The predicted molar refractivity (Wildman–Crippen MR) is 47.5 cm³/mol. The molecule has 1 atom stereocenters. The lowest BCUT2D eigenvalue weighted by molar-refractivity contribution is 0.390. The van der Waals surface area contributed by atoms with Crippen molar-refractivity contribution >= 4 is 0 Å². The number of hydrazine groups is 1. The van der Waals surface area contributed by atoms with Crippen LogP contribution >= 0.6 is 0 Å². The van der Waals surface area contributed by atoms with Gasteiger partial charge in [-0.3, -0.25) is 5.84 Å². The summed E-state index contributed by atoms with van der Waals surface area (Å²) in [7, 11) is 1.52. The minimum absolute atomic E-state index is 0.418. The number of methoxy groups -OCH3 is 1. The largest absolute Gasteiger partial charge is 0.480 e. The second-order valence-corrected chi connectivity index (χ2v) is 2.27. The van der Waals surface area contributed by atoms with E-state index in [9.17, 15) is 0 Å². The number of aromatic nitrogens is 2. The maximum atomic E-state index is 5.19.